The fraction of sp³-hybridized carbons (Fsp3) is 0.333. The minimum atomic E-state index is -5.42. The molecule has 3 aromatic heterocycles. The summed E-state index contributed by atoms with van der Waals surface area (Å²) in [4.78, 5) is 31.4. The third-order valence-electron chi connectivity index (χ3n) is 6.29. The number of ketones is 1. The zero-order valence-corrected chi connectivity index (χ0v) is 27.3. The standard InChI is InChI=1S/C27H23ClF6IN7O2S/c1-13-7-15(35)8-18(25(44)37-14(2)12-45-3)17(13)10-21(43)20-9-16(38-42(20)24-19(28)5-4-6-36-24)11-41-39-22(26(29,30)31)23(40-41)27(32,33)34/h4-9,14H,10-12H2,1-3H3,(H,37,44)/t14-/m0/s1. The molecule has 4 aromatic rings. The lowest BCUT2D eigenvalue weighted by molar-refractivity contribution is -0.165. The van der Waals surface area contributed by atoms with Gasteiger partial charge >= 0.3 is 12.4 Å². The van der Waals surface area contributed by atoms with Gasteiger partial charge in [-0.15, -0.1) is 10.2 Å². The van der Waals surface area contributed by atoms with Gasteiger partial charge in [0.2, 0.25) is 0 Å². The molecule has 1 aromatic carbocycles. The van der Waals surface area contributed by atoms with E-state index in [4.69, 9.17) is 11.6 Å². The molecule has 1 N–H and O–H groups in total. The van der Waals surface area contributed by atoms with Crippen LogP contribution in [0.25, 0.3) is 5.82 Å². The number of carbonyl (C=O) groups is 2. The van der Waals surface area contributed by atoms with E-state index in [0.717, 1.165) is 8.25 Å². The second kappa shape index (κ2) is 13.7. The van der Waals surface area contributed by atoms with Crippen LogP contribution in [-0.4, -0.2) is 59.5 Å². The molecule has 0 saturated heterocycles. The van der Waals surface area contributed by atoms with Crippen molar-refractivity contribution in [1.82, 2.24) is 35.1 Å². The third-order valence-corrected chi connectivity index (χ3v) is 8.05. The van der Waals surface area contributed by atoms with Crippen LogP contribution >= 0.6 is 46.0 Å². The monoisotopic (exact) mass is 785 g/mol. The average molecular weight is 786 g/mol. The maximum Gasteiger partial charge on any atom is 0.437 e. The lowest BCUT2D eigenvalue weighted by atomic mass is 9.95. The number of benzene rings is 1. The Balaban J connectivity index is 1.76. The number of halogens is 8. The molecule has 45 heavy (non-hydrogen) atoms. The summed E-state index contributed by atoms with van der Waals surface area (Å²) in [5.41, 5.74) is -3.33. The van der Waals surface area contributed by atoms with Crippen LogP contribution in [0.1, 0.15) is 56.0 Å². The predicted octanol–water partition coefficient (Wildman–Crippen LogP) is 6.42. The highest BCUT2D eigenvalue weighted by molar-refractivity contribution is 14.1. The number of hydrogen-bond acceptors (Lipinski definition) is 7. The summed E-state index contributed by atoms with van der Waals surface area (Å²) >= 11 is 9.92. The number of thioether (sulfide) groups is 1. The maximum atomic E-state index is 13.8. The van der Waals surface area contributed by atoms with Gasteiger partial charge in [-0.25, -0.2) is 9.67 Å². The third kappa shape index (κ3) is 8.16. The van der Waals surface area contributed by atoms with Gasteiger partial charge in [0.05, 0.1) is 10.7 Å². The van der Waals surface area contributed by atoms with E-state index >= 15 is 0 Å². The van der Waals surface area contributed by atoms with E-state index in [-0.39, 0.29) is 51.0 Å². The molecule has 0 radical (unpaired) electrons. The van der Waals surface area contributed by atoms with E-state index < -0.39 is 36.1 Å². The Bertz CT molecular complexity index is 1710. The number of aryl methyl sites for hydroxylation is 1. The molecule has 0 fully saturated rings. The molecular formula is C27H23ClF6IN7O2S. The second-order valence-electron chi connectivity index (χ2n) is 9.84. The van der Waals surface area contributed by atoms with Gasteiger partial charge in [-0.2, -0.15) is 48.0 Å². The highest BCUT2D eigenvalue weighted by Crippen LogP contribution is 2.38. The topological polar surface area (TPSA) is 108 Å². The SMILES string of the molecule is CSC[C@H](C)NC(=O)c1cc(I)cc(C)c1CC(=O)c1cc(Cn2nc(C(F)(F)F)c(C(F)(F)F)n2)nn1-c1ncccc1Cl. The van der Waals surface area contributed by atoms with Crippen molar-refractivity contribution in [2.45, 2.75) is 45.2 Å². The number of rotatable bonds is 10. The van der Waals surface area contributed by atoms with Gasteiger partial charge in [0.15, 0.2) is 23.0 Å². The number of hydrogen-bond donors (Lipinski definition) is 1. The van der Waals surface area contributed by atoms with Crippen LogP contribution in [0.4, 0.5) is 26.3 Å². The largest absolute Gasteiger partial charge is 0.437 e. The Morgan fingerprint density at radius 1 is 1.07 bits per heavy atom. The number of pyridine rings is 1. The smallest absolute Gasteiger partial charge is 0.349 e. The lowest BCUT2D eigenvalue weighted by Crippen LogP contribution is -2.35. The zero-order valence-electron chi connectivity index (χ0n) is 23.6. The Morgan fingerprint density at radius 3 is 2.29 bits per heavy atom. The minimum absolute atomic E-state index is 0.0164. The van der Waals surface area contributed by atoms with Crippen LogP contribution in [0.5, 0.6) is 0 Å². The number of amides is 1. The average Bonchev–Trinajstić information content (AvgIpc) is 3.55. The molecule has 4 rings (SSSR count). The zero-order chi connectivity index (χ0) is 33.3. The van der Waals surface area contributed by atoms with Crippen LogP contribution < -0.4 is 5.32 Å². The molecule has 0 aliphatic rings. The molecule has 0 saturated carbocycles. The number of alkyl halides is 6. The van der Waals surface area contributed by atoms with Crippen LogP contribution in [0, 0.1) is 10.5 Å². The quantitative estimate of drug-likeness (QED) is 0.112. The van der Waals surface area contributed by atoms with Crippen molar-refractivity contribution in [2.75, 3.05) is 12.0 Å². The van der Waals surface area contributed by atoms with Crippen molar-refractivity contribution >= 4 is 57.6 Å². The number of Topliss-reactive ketones (excluding diaryl/α,β-unsaturated/α-hetero) is 1. The van der Waals surface area contributed by atoms with Crippen molar-refractivity contribution in [2.24, 2.45) is 0 Å². The van der Waals surface area contributed by atoms with Crippen molar-refractivity contribution in [3.8, 4) is 5.82 Å². The number of carbonyl (C=O) groups excluding carboxylic acids is 2. The van der Waals surface area contributed by atoms with Crippen LogP contribution in [0.2, 0.25) is 5.02 Å². The highest BCUT2D eigenvalue weighted by atomic mass is 127. The molecular weight excluding hydrogens is 763 g/mol. The van der Waals surface area contributed by atoms with Crippen molar-refractivity contribution < 1.29 is 35.9 Å². The van der Waals surface area contributed by atoms with Gasteiger partial charge in [-0.3, -0.25) is 9.59 Å². The van der Waals surface area contributed by atoms with Crippen LogP contribution in [0.15, 0.2) is 36.5 Å². The number of aromatic nitrogens is 6. The predicted molar refractivity (Wildman–Crippen MR) is 163 cm³/mol. The Kier molecular flexibility index (Phi) is 10.5. The van der Waals surface area contributed by atoms with Gasteiger partial charge in [-0.1, -0.05) is 11.6 Å². The number of nitrogens with one attached hydrogen (secondary N) is 1. The summed E-state index contributed by atoms with van der Waals surface area (Å²) in [7, 11) is 0. The summed E-state index contributed by atoms with van der Waals surface area (Å²) in [5.74, 6) is -0.312. The molecule has 18 heteroatoms. The Morgan fingerprint density at radius 2 is 1.71 bits per heavy atom. The molecule has 0 unspecified atom stereocenters. The first-order valence-corrected chi connectivity index (χ1v) is 15.8. The molecule has 1 atom stereocenters. The molecule has 0 spiro atoms. The fourth-order valence-corrected chi connectivity index (χ4v) is 5.96. The Labute approximate surface area is 275 Å². The molecule has 1 amide bonds. The second-order valence-corrected chi connectivity index (χ2v) is 12.4. The Hall–Kier alpha value is -3.19. The maximum absolute atomic E-state index is 13.8. The van der Waals surface area contributed by atoms with Crippen molar-refractivity contribution in [3.63, 3.8) is 0 Å². The van der Waals surface area contributed by atoms with E-state index in [1.807, 2.05) is 13.2 Å². The fourth-order valence-electron chi connectivity index (χ4n) is 4.40. The summed E-state index contributed by atoms with van der Waals surface area (Å²) in [6.07, 6.45) is -7.88. The van der Waals surface area contributed by atoms with Gasteiger partial charge in [-0.05, 0) is 84.2 Å². The van der Waals surface area contributed by atoms with Crippen LogP contribution in [-0.2, 0) is 25.3 Å². The van der Waals surface area contributed by atoms with E-state index in [2.05, 4.69) is 48.2 Å². The van der Waals surface area contributed by atoms with Gasteiger partial charge in [0.1, 0.15) is 12.2 Å². The normalized spacial score (nSPS) is 12.8. The van der Waals surface area contributed by atoms with Gasteiger partial charge in [0.25, 0.3) is 5.91 Å². The van der Waals surface area contributed by atoms with Gasteiger partial charge in [0, 0.05) is 33.5 Å². The highest BCUT2D eigenvalue weighted by Gasteiger charge is 2.48. The molecule has 240 valence electrons. The first kappa shape index (κ1) is 34.7. The summed E-state index contributed by atoms with van der Waals surface area (Å²) < 4.78 is 81.6. The first-order chi connectivity index (χ1) is 21.0. The summed E-state index contributed by atoms with van der Waals surface area (Å²) in [5, 5.41) is 13.2. The lowest BCUT2D eigenvalue weighted by Gasteiger charge is -2.17. The number of nitrogens with zero attached hydrogens (tertiary/aromatic N) is 6. The summed E-state index contributed by atoms with van der Waals surface area (Å²) in [6, 6.07) is 7.44. The van der Waals surface area contributed by atoms with Crippen LogP contribution in [0.3, 0.4) is 0 Å². The molecule has 0 aliphatic carbocycles. The first-order valence-electron chi connectivity index (χ1n) is 12.9. The molecule has 9 nitrogen and oxygen atoms in total. The van der Waals surface area contributed by atoms with E-state index in [1.165, 1.54) is 24.4 Å². The molecule has 3 heterocycles. The van der Waals surface area contributed by atoms with Crippen molar-refractivity contribution in [1.29, 1.82) is 0 Å². The van der Waals surface area contributed by atoms with Crippen molar-refractivity contribution in [3.05, 3.63) is 84.6 Å². The van der Waals surface area contributed by atoms with E-state index in [9.17, 15) is 35.9 Å². The molecule has 0 bridgehead atoms. The minimum Gasteiger partial charge on any atom is -0.349 e. The summed E-state index contributed by atoms with van der Waals surface area (Å²) in [6.45, 7) is 2.84. The van der Waals surface area contributed by atoms with E-state index in [1.54, 1.807) is 30.8 Å². The van der Waals surface area contributed by atoms with Gasteiger partial charge < -0.3 is 5.32 Å². The van der Waals surface area contributed by atoms with E-state index in [0.29, 0.717) is 16.9 Å². The molecule has 0 aliphatic heterocycles.